The Kier molecular flexibility index (Phi) is 5.05. The van der Waals surface area contributed by atoms with E-state index in [-0.39, 0.29) is 17.3 Å². The summed E-state index contributed by atoms with van der Waals surface area (Å²) in [6.45, 7) is 1.52. The number of halogens is 2. The third-order valence-corrected chi connectivity index (χ3v) is 5.35. The molecule has 152 valence electrons. The summed E-state index contributed by atoms with van der Waals surface area (Å²) in [4.78, 5) is 27.0. The van der Waals surface area contributed by atoms with Crippen LogP contribution in [0.25, 0.3) is 0 Å². The predicted octanol–water partition coefficient (Wildman–Crippen LogP) is 4.01. The van der Waals surface area contributed by atoms with E-state index in [4.69, 9.17) is 11.6 Å². The Labute approximate surface area is 177 Å². The lowest BCUT2D eigenvalue weighted by Crippen LogP contribution is -2.44. The van der Waals surface area contributed by atoms with Crippen LogP contribution in [0.2, 0.25) is 5.02 Å². The van der Waals surface area contributed by atoms with Gasteiger partial charge in [-0.2, -0.15) is 0 Å². The first-order valence-electron chi connectivity index (χ1n) is 9.26. The van der Waals surface area contributed by atoms with Crippen LogP contribution in [0.4, 0.5) is 15.8 Å². The molecule has 3 aromatic carbocycles. The molecule has 0 spiro atoms. The molecule has 3 aromatic rings. The molecule has 0 unspecified atom stereocenters. The van der Waals surface area contributed by atoms with Gasteiger partial charge in [0.1, 0.15) is 12.4 Å². The van der Waals surface area contributed by atoms with Crippen molar-refractivity contribution < 1.29 is 19.1 Å². The van der Waals surface area contributed by atoms with Gasteiger partial charge in [-0.15, -0.1) is 0 Å². The summed E-state index contributed by atoms with van der Waals surface area (Å²) >= 11 is 5.73. The summed E-state index contributed by atoms with van der Waals surface area (Å²) in [6, 6.07) is 17.6. The fourth-order valence-electron chi connectivity index (χ4n) is 3.59. The molecule has 4 rings (SSSR count). The number of nitrogens with zero attached hydrogens (tertiary/aromatic N) is 1. The van der Waals surface area contributed by atoms with Crippen molar-refractivity contribution in [2.75, 3.05) is 16.8 Å². The van der Waals surface area contributed by atoms with Crippen molar-refractivity contribution in [3.05, 3.63) is 94.3 Å². The van der Waals surface area contributed by atoms with Gasteiger partial charge in [0, 0.05) is 10.6 Å². The van der Waals surface area contributed by atoms with Crippen molar-refractivity contribution in [2.24, 2.45) is 0 Å². The Balaban J connectivity index is 1.65. The minimum absolute atomic E-state index is 0.0434. The molecule has 1 heterocycles. The number of para-hydroxylation sites is 1. The standard InChI is InChI=1S/C23H18ClFN2O3/c1-14-6-8-15(9-7-14)23(30)17-4-2-3-5-20(17)27(22(23)29)13-21(28)26-19-11-10-16(24)12-18(19)25/h2-12,30H,13H2,1H3,(H,26,28)/t23-/m0/s1. The van der Waals surface area contributed by atoms with Crippen LogP contribution in [-0.2, 0) is 15.2 Å². The highest BCUT2D eigenvalue weighted by molar-refractivity contribution is 6.30. The van der Waals surface area contributed by atoms with Crippen LogP contribution in [0.3, 0.4) is 0 Å². The molecule has 2 amide bonds. The van der Waals surface area contributed by atoms with E-state index in [1.807, 2.05) is 19.1 Å². The molecule has 1 aliphatic rings. The normalized spacial score (nSPS) is 17.7. The third kappa shape index (κ3) is 3.34. The molecule has 0 aromatic heterocycles. The molecule has 5 nitrogen and oxygen atoms in total. The van der Waals surface area contributed by atoms with Gasteiger partial charge in [0.05, 0.1) is 11.4 Å². The van der Waals surface area contributed by atoms with Crippen molar-refractivity contribution >= 4 is 34.8 Å². The minimum Gasteiger partial charge on any atom is -0.372 e. The number of benzene rings is 3. The second-order valence-electron chi connectivity index (χ2n) is 7.16. The molecular formula is C23H18ClFN2O3. The van der Waals surface area contributed by atoms with Crippen molar-refractivity contribution in [1.82, 2.24) is 0 Å². The summed E-state index contributed by atoms with van der Waals surface area (Å²) in [7, 11) is 0. The Hall–Kier alpha value is -3.22. The first kappa shape index (κ1) is 20.1. The Morgan fingerprint density at radius 2 is 1.83 bits per heavy atom. The van der Waals surface area contributed by atoms with E-state index in [1.165, 1.54) is 17.0 Å². The maximum atomic E-state index is 14.0. The number of fused-ring (bicyclic) bond motifs is 1. The lowest BCUT2D eigenvalue weighted by Gasteiger charge is -2.23. The van der Waals surface area contributed by atoms with Crippen LogP contribution in [0.5, 0.6) is 0 Å². The Morgan fingerprint density at radius 1 is 1.13 bits per heavy atom. The van der Waals surface area contributed by atoms with Crippen molar-refractivity contribution in [1.29, 1.82) is 0 Å². The lowest BCUT2D eigenvalue weighted by molar-refractivity contribution is -0.133. The van der Waals surface area contributed by atoms with Crippen LogP contribution in [0.1, 0.15) is 16.7 Å². The second-order valence-corrected chi connectivity index (χ2v) is 7.59. The van der Waals surface area contributed by atoms with E-state index in [9.17, 15) is 19.1 Å². The summed E-state index contributed by atoms with van der Waals surface area (Å²) in [5, 5.41) is 14.1. The average molecular weight is 425 g/mol. The van der Waals surface area contributed by atoms with E-state index in [0.29, 0.717) is 16.8 Å². The highest BCUT2D eigenvalue weighted by Gasteiger charge is 2.51. The number of carbonyl (C=O) groups excluding carboxylic acids is 2. The van der Waals surface area contributed by atoms with Gasteiger partial charge >= 0.3 is 0 Å². The first-order valence-corrected chi connectivity index (χ1v) is 9.64. The van der Waals surface area contributed by atoms with E-state index >= 15 is 0 Å². The molecular weight excluding hydrogens is 407 g/mol. The van der Waals surface area contributed by atoms with Gasteiger partial charge in [0.15, 0.2) is 5.60 Å². The molecule has 0 saturated carbocycles. The van der Waals surface area contributed by atoms with Gasteiger partial charge in [0.25, 0.3) is 5.91 Å². The number of aryl methyl sites for hydroxylation is 1. The van der Waals surface area contributed by atoms with E-state index < -0.39 is 23.2 Å². The largest absolute Gasteiger partial charge is 0.372 e. The number of amides is 2. The zero-order valence-electron chi connectivity index (χ0n) is 16.0. The van der Waals surface area contributed by atoms with Gasteiger partial charge in [-0.1, -0.05) is 59.6 Å². The highest BCUT2D eigenvalue weighted by atomic mass is 35.5. The van der Waals surface area contributed by atoms with Gasteiger partial charge in [-0.25, -0.2) is 4.39 Å². The van der Waals surface area contributed by atoms with Crippen molar-refractivity contribution in [3.8, 4) is 0 Å². The average Bonchev–Trinajstić information content (AvgIpc) is 2.93. The lowest BCUT2D eigenvalue weighted by atomic mass is 9.87. The molecule has 0 aliphatic carbocycles. The van der Waals surface area contributed by atoms with E-state index in [1.54, 1.807) is 36.4 Å². The third-order valence-electron chi connectivity index (χ3n) is 5.12. The summed E-state index contributed by atoms with van der Waals surface area (Å²) in [5.74, 6) is -1.92. The van der Waals surface area contributed by atoms with E-state index in [2.05, 4.69) is 5.32 Å². The summed E-state index contributed by atoms with van der Waals surface area (Å²) < 4.78 is 14.0. The molecule has 1 aliphatic heterocycles. The molecule has 7 heteroatoms. The molecule has 2 N–H and O–H groups in total. The second kappa shape index (κ2) is 7.55. The number of rotatable bonds is 4. The molecule has 0 bridgehead atoms. The SMILES string of the molecule is Cc1ccc([C@@]2(O)C(=O)N(CC(=O)Nc3ccc(Cl)cc3F)c3ccccc32)cc1. The predicted molar refractivity (Wildman–Crippen MR) is 113 cm³/mol. The van der Waals surface area contributed by atoms with Crippen molar-refractivity contribution in [3.63, 3.8) is 0 Å². The molecule has 0 fully saturated rings. The van der Waals surface area contributed by atoms with Crippen LogP contribution in [-0.4, -0.2) is 23.5 Å². The molecule has 0 saturated heterocycles. The number of carbonyl (C=O) groups is 2. The van der Waals surface area contributed by atoms with Crippen LogP contribution >= 0.6 is 11.6 Å². The fourth-order valence-corrected chi connectivity index (χ4v) is 3.75. The number of nitrogens with one attached hydrogen (secondary N) is 1. The quantitative estimate of drug-likeness (QED) is 0.665. The Morgan fingerprint density at radius 3 is 2.53 bits per heavy atom. The maximum Gasteiger partial charge on any atom is 0.268 e. The minimum atomic E-state index is -1.91. The van der Waals surface area contributed by atoms with Gasteiger partial charge in [-0.3, -0.25) is 14.5 Å². The zero-order chi connectivity index (χ0) is 21.5. The first-order chi connectivity index (χ1) is 14.3. The highest BCUT2D eigenvalue weighted by Crippen LogP contribution is 2.44. The van der Waals surface area contributed by atoms with Gasteiger partial charge < -0.3 is 10.4 Å². The van der Waals surface area contributed by atoms with Crippen molar-refractivity contribution in [2.45, 2.75) is 12.5 Å². The maximum absolute atomic E-state index is 14.0. The number of hydrogen-bond donors (Lipinski definition) is 2. The Bertz CT molecular complexity index is 1150. The van der Waals surface area contributed by atoms with Crippen LogP contribution in [0.15, 0.2) is 66.7 Å². The zero-order valence-corrected chi connectivity index (χ0v) is 16.8. The number of anilines is 2. The number of aliphatic hydroxyl groups is 1. The molecule has 0 radical (unpaired) electrons. The van der Waals surface area contributed by atoms with E-state index in [0.717, 1.165) is 11.6 Å². The topological polar surface area (TPSA) is 69.6 Å². The molecule has 30 heavy (non-hydrogen) atoms. The molecule has 1 atom stereocenters. The van der Waals surface area contributed by atoms with Crippen LogP contribution in [0, 0.1) is 12.7 Å². The fraction of sp³-hybridized carbons (Fsp3) is 0.130. The van der Waals surface area contributed by atoms with Gasteiger partial charge in [-0.05, 0) is 36.8 Å². The van der Waals surface area contributed by atoms with Crippen LogP contribution < -0.4 is 10.2 Å². The monoisotopic (exact) mass is 424 g/mol. The number of hydrogen-bond acceptors (Lipinski definition) is 3. The smallest absolute Gasteiger partial charge is 0.268 e. The van der Waals surface area contributed by atoms with Gasteiger partial charge in [0.2, 0.25) is 5.91 Å². The summed E-state index contributed by atoms with van der Waals surface area (Å²) in [6.07, 6.45) is 0. The summed E-state index contributed by atoms with van der Waals surface area (Å²) in [5.41, 5.74) is 0.273.